The van der Waals surface area contributed by atoms with Crippen LogP contribution in [0.5, 0.6) is 0 Å². The lowest BCUT2D eigenvalue weighted by molar-refractivity contribution is 0.125. The molecule has 0 radical (unpaired) electrons. The topological polar surface area (TPSA) is 29.5 Å². The highest BCUT2D eigenvalue weighted by molar-refractivity contribution is 4.49. The van der Waals surface area contributed by atoms with Crippen molar-refractivity contribution in [2.75, 3.05) is 19.8 Å². The zero-order valence-electron chi connectivity index (χ0n) is 16.7. The molecule has 0 aromatic heterocycles. The standard InChI is InChI=1S/C22H46O2/c1-2-3-4-5-6-12-15-18-21-24-22-19-16-13-10-8-7-9-11-14-17-20-23/h23H,2-22H2,1H3. The highest BCUT2D eigenvalue weighted by Crippen LogP contribution is 2.11. The molecule has 1 N–H and O–H groups in total. The lowest BCUT2D eigenvalue weighted by Crippen LogP contribution is -1.97. The van der Waals surface area contributed by atoms with Gasteiger partial charge in [-0.1, -0.05) is 103 Å². The van der Waals surface area contributed by atoms with Crippen molar-refractivity contribution in [2.24, 2.45) is 0 Å². The Bertz CT molecular complexity index is 184. The van der Waals surface area contributed by atoms with Crippen molar-refractivity contribution >= 4 is 0 Å². The zero-order chi connectivity index (χ0) is 17.6. The average molecular weight is 343 g/mol. The fourth-order valence-electron chi connectivity index (χ4n) is 3.17. The number of rotatable bonds is 21. The van der Waals surface area contributed by atoms with E-state index in [9.17, 15) is 0 Å². The molecule has 0 rings (SSSR count). The third kappa shape index (κ3) is 21.9. The summed E-state index contributed by atoms with van der Waals surface area (Å²) in [6.45, 7) is 4.58. The van der Waals surface area contributed by atoms with E-state index in [1.165, 1.54) is 109 Å². The quantitative estimate of drug-likeness (QED) is 0.227. The molecular formula is C22H46O2. The third-order valence-corrected chi connectivity index (χ3v) is 4.84. The van der Waals surface area contributed by atoms with Gasteiger partial charge < -0.3 is 9.84 Å². The summed E-state index contributed by atoms with van der Waals surface area (Å²) in [7, 11) is 0. The molecule has 0 bridgehead atoms. The Morgan fingerprint density at radius 1 is 0.458 bits per heavy atom. The molecule has 0 aromatic rings. The Morgan fingerprint density at radius 3 is 1.17 bits per heavy atom. The molecule has 0 aliphatic carbocycles. The summed E-state index contributed by atoms with van der Waals surface area (Å²) < 4.78 is 5.74. The first-order chi connectivity index (χ1) is 11.9. The van der Waals surface area contributed by atoms with Gasteiger partial charge in [0, 0.05) is 19.8 Å². The normalized spacial score (nSPS) is 11.2. The van der Waals surface area contributed by atoms with Gasteiger partial charge in [0.15, 0.2) is 0 Å². The van der Waals surface area contributed by atoms with Crippen molar-refractivity contribution in [2.45, 2.75) is 122 Å². The molecule has 0 aliphatic heterocycles. The van der Waals surface area contributed by atoms with Crippen LogP contribution in [0, 0.1) is 0 Å². The van der Waals surface area contributed by atoms with Crippen LogP contribution in [0.4, 0.5) is 0 Å². The van der Waals surface area contributed by atoms with E-state index >= 15 is 0 Å². The molecule has 0 fully saturated rings. The van der Waals surface area contributed by atoms with Crippen LogP contribution in [0.1, 0.15) is 122 Å². The van der Waals surface area contributed by atoms with Crippen LogP contribution < -0.4 is 0 Å². The molecule has 24 heavy (non-hydrogen) atoms. The monoisotopic (exact) mass is 342 g/mol. The summed E-state index contributed by atoms with van der Waals surface area (Å²) >= 11 is 0. The van der Waals surface area contributed by atoms with Crippen molar-refractivity contribution < 1.29 is 9.84 Å². The lowest BCUT2D eigenvalue weighted by atomic mass is 10.1. The van der Waals surface area contributed by atoms with Gasteiger partial charge in [0.2, 0.25) is 0 Å². The maximum absolute atomic E-state index is 8.71. The first kappa shape index (κ1) is 23.9. The van der Waals surface area contributed by atoms with E-state index in [0.29, 0.717) is 6.61 Å². The predicted octanol–water partition coefficient (Wildman–Crippen LogP) is 7.04. The molecule has 146 valence electrons. The van der Waals surface area contributed by atoms with Crippen molar-refractivity contribution in [1.82, 2.24) is 0 Å². The molecule has 2 heteroatoms. The van der Waals surface area contributed by atoms with E-state index in [2.05, 4.69) is 6.92 Å². The second kappa shape index (κ2) is 22.9. The van der Waals surface area contributed by atoms with Crippen LogP contribution in [0.2, 0.25) is 0 Å². The molecule has 2 nitrogen and oxygen atoms in total. The minimum Gasteiger partial charge on any atom is -0.396 e. The van der Waals surface area contributed by atoms with Crippen molar-refractivity contribution in [3.63, 3.8) is 0 Å². The lowest BCUT2D eigenvalue weighted by Gasteiger charge is -2.05. The summed E-state index contributed by atoms with van der Waals surface area (Å²) in [5.74, 6) is 0. The van der Waals surface area contributed by atoms with Gasteiger partial charge in [0.25, 0.3) is 0 Å². The van der Waals surface area contributed by atoms with Crippen LogP contribution >= 0.6 is 0 Å². The summed E-state index contributed by atoms with van der Waals surface area (Å²) in [6.07, 6.45) is 24.0. The maximum atomic E-state index is 8.71. The van der Waals surface area contributed by atoms with E-state index in [1.54, 1.807) is 0 Å². The highest BCUT2D eigenvalue weighted by Gasteiger charge is 1.95. The van der Waals surface area contributed by atoms with E-state index in [0.717, 1.165) is 19.6 Å². The van der Waals surface area contributed by atoms with Gasteiger partial charge in [-0.25, -0.2) is 0 Å². The minimum atomic E-state index is 0.362. The predicted molar refractivity (Wildman–Crippen MR) is 107 cm³/mol. The van der Waals surface area contributed by atoms with Gasteiger partial charge in [-0.2, -0.15) is 0 Å². The second-order valence-corrected chi connectivity index (χ2v) is 7.35. The zero-order valence-corrected chi connectivity index (χ0v) is 16.7. The van der Waals surface area contributed by atoms with Crippen molar-refractivity contribution in [3.05, 3.63) is 0 Å². The Hall–Kier alpha value is -0.0800. The highest BCUT2D eigenvalue weighted by atomic mass is 16.5. The van der Waals surface area contributed by atoms with Crippen LogP contribution in [0.3, 0.4) is 0 Å². The SMILES string of the molecule is CCCCCCCCCCOCCCCCCCCCCCCO. The number of hydrogen-bond acceptors (Lipinski definition) is 2. The number of unbranched alkanes of at least 4 members (excludes halogenated alkanes) is 16. The van der Waals surface area contributed by atoms with Crippen LogP contribution in [-0.4, -0.2) is 24.9 Å². The van der Waals surface area contributed by atoms with Crippen LogP contribution in [-0.2, 0) is 4.74 Å². The van der Waals surface area contributed by atoms with Crippen molar-refractivity contribution in [1.29, 1.82) is 0 Å². The van der Waals surface area contributed by atoms with E-state index in [-0.39, 0.29) is 0 Å². The Morgan fingerprint density at radius 2 is 0.792 bits per heavy atom. The fraction of sp³-hybridized carbons (Fsp3) is 1.00. The average Bonchev–Trinajstić information content (AvgIpc) is 2.60. The van der Waals surface area contributed by atoms with Gasteiger partial charge in [-0.05, 0) is 19.3 Å². The first-order valence-electron chi connectivity index (χ1n) is 11.1. The first-order valence-corrected chi connectivity index (χ1v) is 11.1. The molecule has 0 spiro atoms. The fourth-order valence-corrected chi connectivity index (χ4v) is 3.17. The molecule has 0 atom stereocenters. The van der Waals surface area contributed by atoms with Gasteiger partial charge in [-0.15, -0.1) is 0 Å². The molecule has 0 aromatic carbocycles. The molecule has 0 aliphatic rings. The minimum absolute atomic E-state index is 0.362. The van der Waals surface area contributed by atoms with Crippen LogP contribution in [0.15, 0.2) is 0 Å². The van der Waals surface area contributed by atoms with Gasteiger partial charge in [0.05, 0.1) is 0 Å². The molecule has 0 amide bonds. The number of hydrogen-bond donors (Lipinski definition) is 1. The Balaban J connectivity index is 2.93. The van der Waals surface area contributed by atoms with Gasteiger partial charge in [-0.3, -0.25) is 0 Å². The summed E-state index contributed by atoms with van der Waals surface area (Å²) in [6, 6.07) is 0. The molecular weight excluding hydrogens is 296 g/mol. The molecule has 0 saturated heterocycles. The molecule has 0 saturated carbocycles. The Labute approximate surface area is 152 Å². The van der Waals surface area contributed by atoms with Crippen LogP contribution in [0.25, 0.3) is 0 Å². The van der Waals surface area contributed by atoms with E-state index in [4.69, 9.17) is 9.84 Å². The second-order valence-electron chi connectivity index (χ2n) is 7.35. The number of aliphatic hydroxyl groups excluding tert-OH is 1. The number of ether oxygens (including phenoxy) is 1. The molecule has 0 heterocycles. The van der Waals surface area contributed by atoms with Gasteiger partial charge in [0.1, 0.15) is 0 Å². The largest absolute Gasteiger partial charge is 0.396 e. The number of aliphatic hydroxyl groups is 1. The van der Waals surface area contributed by atoms with Gasteiger partial charge >= 0.3 is 0 Å². The Kier molecular flexibility index (Phi) is 22.8. The third-order valence-electron chi connectivity index (χ3n) is 4.84. The van der Waals surface area contributed by atoms with E-state index < -0.39 is 0 Å². The van der Waals surface area contributed by atoms with E-state index in [1.807, 2.05) is 0 Å². The molecule has 0 unspecified atom stereocenters. The summed E-state index contributed by atoms with van der Waals surface area (Å²) in [5.41, 5.74) is 0. The summed E-state index contributed by atoms with van der Waals surface area (Å²) in [4.78, 5) is 0. The van der Waals surface area contributed by atoms with Crippen molar-refractivity contribution in [3.8, 4) is 0 Å². The maximum Gasteiger partial charge on any atom is 0.0466 e. The summed E-state index contributed by atoms with van der Waals surface area (Å²) in [5, 5.41) is 8.71. The smallest absolute Gasteiger partial charge is 0.0466 e.